The van der Waals surface area contributed by atoms with E-state index in [4.69, 9.17) is 4.74 Å². The van der Waals surface area contributed by atoms with Crippen LogP contribution in [-0.2, 0) is 16.0 Å². The predicted molar refractivity (Wildman–Crippen MR) is 144 cm³/mol. The first kappa shape index (κ1) is 24.1. The summed E-state index contributed by atoms with van der Waals surface area (Å²) in [5, 5.41) is 12.7. The highest BCUT2D eigenvalue weighted by Gasteiger charge is 2.22. The summed E-state index contributed by atoms with van der Waals surface area (Å²) in [6.07, 6.45) is 0.759. The van der Waals surface area contributed by atoms with Crippen molar-refractivity contribution < 1.29 is 9.53 Å². The normalized spacial score (nSPS) is 13.5. The van der Waals surface area contributed by atoms with Crippen LogP contribution in [0.5, 0.6) is 0 Å². The number of carbonyl (C=O) groups excluding carboxylic acids is 1. The fourth-order valence-electron chi connectivity index (χ4n) is 4.17. The monoisotopic (exact) mass is 499 g/mol. The lowest BCUT2D eigenvalue weighted by molar-refractivity contribution is -0.113. The third-order valence-corrected chi connectivity index (χ3v) is 6.99. The fourth-order valence-corrected chi connectivity index (χ4v) is 4.92. The Kier molecular flexibility index (Phi) is 7.64. The number of ether oxygens (including phenoxy) is 1. The number of rotatable bonds is 8. The number of carbonyl (C=O) groups is 1. The summed E-state index contributed by atoms with van der Waals surface area (Å²) in [6.45, 7) is 4.90. The number of thioether (sulfide) groups is 1. The predicted octanol–water partition coefficient (Wildman–Crippen LogP) is 4.73. The van der Waals surface area contributed by atoms with Gasteiger partial charge in [0.05, 0.1) is 24.7 Å². The second-order valence-corrected chi connectivity index (χ2v) is 9.65. The molecule has 1 amide bonds. The van der Waals surface area contributed by atoms with Gasteiger partial charge in [0.25, 0.3) is 0 Å². The topological polar surface area (TPSA) is 72.3 Å². The maximum absolute atomic E-state index is 13.0. The molecule has 0 radical (unpaired) electrons. The van der Waals surface area contributed by atoms with Crippen molar-refractivity contribution in [2.45, 2.75) is 18.5 Å². The maximum atomic E-state index is 13.0. The van der Waals surface area contributed by atoms with E-state index in [1.54, 1.807) is 0 Å². The molecular weight excluding hydrogens is 470 g/mol. The van der Waals surface area contributed by atoms with Crippen LogP contribution >= 0.6 is 11.8 Å². The molecule has 0 unspecified atom stereocenters. The zero-order chi connectivity index (χ0) is 24.7. The molecule has 5 rings (SSSR count). The number of benzene rings is 3. The molecule has 0 atom stereocenters. The summed E-state index contributed by atoms with van der Waals surface area (Å²) in [7, 11) is 0. The van der Waals surface area contributed by atoms with Crippen LogP contribution in [-0.4, -0.2) is 52.7 Å². The molecule has 3 aromatic carbocycles. The summed E-state index contributed by atoms with van der Waals surface area (Å²) in [5.41, 5.74) is 5.28. The van der Waals surface area contributed by atoms with Crippen LogP contribution in [0.15, 0.2) is 84.0 Å². The molecule has 7 nitrogen and oxygen atoms in total. The molecule has 0 aliphatic carbocycles. The highest BCUT2D eigenvalue weighted by Crippen LogP contribution is 2.28. The van der Waals surface area contributed by atoms with Crippen LogP contribution in [0.3, 0.4) is 0 Å². The van der Waals surface area contributed by atoms with Crippen LogP contribution in [0.25, 0.3) is 5.69 Å². The van der Waals surface area contributed by atoms with Crippen LogP contribution in [0.4, 0.5) is 11.6 Å². The van der Waals surface area contributed by atoms with Gasteiger partial charge in [-0.15, -0.1) is 10.2 Å². The Hall–Kier alpha value is -3.62. The SMILES string of the molecule is Cc1ccc(-n2c(SCC(=O)Nc3ccccc3Cc3ccccc3)nnc2N2CCOCC2)cc1. The minimum absolute atomic E-state index is 0.0770. The van der Waals surface area contributed by atoms with Gasteiger partial charge in [0.15, 0.2) is 5.16 Å². The fraction of sp³-hybridized carbons (Fsp3) is 0.250. The van der Waals surface area contributed by atoms with Gasteiger partial charge in [-0.2, -0.15) is 0 Å². The van der Waals surface area contributed by atoms with Crippen molar-refractivity contribution in [1.82, 2.24) is 14.8 Å². The second kappa shape index (κ2) is 11.4. The lowest BCUT2D eigenvalue weighted by Crippen LogP contribution is -2.37. The number of hydrogen-bond acceptors (Lipinski definition) is 6. The van der Waals surface area contributed by atoms with E-state index in [9.17, 15) is 4.79 Å². The Bertz CT molecular complexity index is 1300. The Morgan fingerprint density at radius 3 is 2.44 bits per heavy atom. The second-order valence-electron chi connectivity index (χ2n) is 8.71. The Labute approximate surface area is 215 Å². The molecule has 1 fully saturated rings. The molecule has 4 aromatic rings. The number of aromatic nitrogens is 3. The number of nitrogens with one attached hydrogen (secondary N) is 1. The molecule has 1 aliphatic heterocycles. The third-order valence-electron chi connectivity index (χ3n) is 6.06. The van der Waals surface area contributed by atoms with Gasteiger partial charge >= 0.3 is 0 Å². The van der Waals surface area contributed by atoms with E-state index in [0.29, 0.717) is 18.4 Å². The Balaban J connectivity index is 1.32. The van der Waals surface area contributed by atoms with Crippen molar-refractivity contribution in [3.8, 4) is 5.69 Å². The van der Waals surface area contributed by atoms with Crippen LogP contribution in [0.2, 0.25) is 0 Å². The van der Waals surface area contributed by atoms with E-state index in [1.165, 1.54) is 22.9 Å². The van der Waals surface area contributed by atoms with Gasteiger partial charge in [0, 0.05) is 18.8 Å². The first-order valence-electron chi connectivity index (χ1n) is 12.1. The number of aryl methyl sites for hydroxylation is 1. The smallest absolute Gasteiger partial charge is 0.234 e. The largest absolute Gasteiger partial charge is 0.378 e. The zero-order valence-corrected chi connectivity index (χ0v) is 21.1. The molecule has 1 aliphatic rings. The molecular formula is C28H29N5O2S. The molecule has 0 spiro atoms. The summed E-state index contributed by atoms with van der Waals surface area (Å²) in [6, 6.07) is 26.5. The average Bonchev–Trinajstić information content (AvgIpc) is 3.34. The highest BCUT2D eigenvalue weighted by atomic mass is 32.2. The third kappa shape index (κ3) is 5.78. The number of anilines is 2. The molecule has 36 heavy (non-hydrogen) atoms. The number of amides is 1. The average molecular weight is 500 g/mol. The van der Waals surface area contributed by atoms with Crippen molar-refractivity contribution >= 4 is 29.3 Å². The number of hydrogen-bond donors (Lipinski definition) is 1. The Morgan fingerprint density at radius 2 is 1.67 bits per heavy atom. The lowest BCUT2D eigenvalue weighted by Gasteiger charge is -2.28. The van der Waals surface area contributed by atoms with E-state index in [-0.39, 0.29) is 11.7 Å². The molecule has 1 aromatic heterocycles. The Morgan fingerprint density at radius 1 is 0.944 bits per heavy atom. The molecule has 2 heterocycles. The number of nitrogens with zero attached hydrogens (tertiary/aromatic N) is 4. The van der Waals surface area contributed by atoms with Crippen LogP contribution in [0, 0.1) is 6.92 Å². The van der Waals surface area contributed by atoms with Crippen molar-refractivity contribution in [2.24, 2.45) is 0 Å². The first-order chi connectivity index (χ1) is 17.7. The lowest BCUT2D eigenvalue weighted by atomic mass is 10.0. The van der Waals surface area contributed by atoms with Crippen LogP contribution in [0.1, 0.15) is 16.7 Å². The van der Waals surface area contributed by atoms with Crippen molar-refractivity contribution in [2.75, 3.05) is 42.3 Å². The maximum Gasteiger partial charge on any atom is 0.234 e. The van der Waals surface area contributed by atoms with E-state index >= 15 is 0 Å². The first-order valence-corrected chi connectivity index (χ1v) is 13.1. The number of para-hydroxylation sites is 1. The molecule has 0 saturated carbocycles. The van der Waals surface area contributed by atoms with Gasteiger partial charge in [-0.05, 0) is 42.7 Å². The standard InChI is InChI=1S/C28H29N5O2S/c1-21-11-13-24(14-12-21)33-27(32-15-17-35-18-16-32)30-31-28(33)36-20-26(34)29-25-10-6-5-9-23(25)19-22-7-3-2-4-8-22/h2-14H,15-20H2,1H3,(H,29,34). The molecule has 8 heteroatoms. The zero-order valence-electron chi connectivity index (χ0n) is 20.3. The van der Waals surface area contributed by atoms with E-state index in [1.807, 2.05) is 41.0 Å². The minimum Gasteiger partial charge on any atom is -0.378 e. The molecule has 0 bridgehead atoms. The molecule has 184 valence electrons. The van der Waals surface area contributed by atoms with Gasteiger partial charge < -0.3 is 15.0 Å². The van der Waals surface area contributed by atoms with E-state index in [0.717, 1.165) is 42.4 Å². The summed E-state index contributed by atoms with van der Waals surface area (Å²) < 4.78 is 7.55. The summed E-state index contributed by atoms with van der Waals surface area (Å²) in [5.74, 6) is 0.928. The van der Waals surface area contributed by atoms with Gasteiger partial charge in [0.2, 0.25) is 11.9 Å². The number of morpholine rings is 1. The van der Waals surface area contributed by atoms with Gasteiger partial charge in [-0.25, -0.2) is 0 Å². The summed E-state index contributed by atoms with van der Waals surface area (Å²) in [4.78, 5) is 15.2. The molecule has 1 saturated heterocycles. The quantitative estimate of drug-likeness (QED) is 0.353. The van der Waals surface area contributed by atoms with E-state index in [2.05, 4.69) is 69.8 Å². The van der Waals surface area contributed by atoms with Crippen LogP contribution < -0.4 is 10.2 Å². The van der Waals surface area contributed by atoms with Crippen molar-refractivity contribution in [3.63, 3.8) is 0 Å². The molecule has 1 N–H and O–H groups in total. The summed E-state index contributed by atoms with van der Waals surface area (Å²) >= 11 is 1.39. The van der Waals surface area contributed by atoms with E-state index < -0.39 is 0 Å². The van der Waals surface area contributed by atoms with Gasteiger partial charge in [-0.1, -0.05) is 78.0 Å². The van der Waals surface area contributed by atoms with Crippen molar-refractivity contribution in [3.05, 3.63) is 95.6 Å². The highest BCUT2D eigenvalue weighted by molar-refractivity contribution is 7.99. The minimum atomic E-state index is -0.0770. The van der Waals surface area contributed by atoms with Gasteiger partial charge in [0.1, 0.15) is 0 Å². The van der Waals surface area contributed by atoms with Crippen molar-refractivity contribution in [1.29, 1.82) is 0 Å². The van der Waals surface area contributed by atoms with Gasteiger partial charge in [-0.3, -0.25) is 9.36 Å².